The van der Waals surface area contributed by atoms with Gasteiger partial charge in [-0.25, -0.2) is 24.4 Å². The number of nitrogens with one attached hydrogen (secondary N) is 2. The largest absolute Gasteiger partial charge is 0.281 e. The quantitative estimate of drug-likeness (QED) is 0.192. The van der Waals surface area contributed by atoms with Crippen molar-refractivity contribution in [3.8, 4) is 0 Å². The molecule has 0 fully saturated rings. The maximum Gasteiger partial charge on any atom is 0.281 e. The molecule has 4 aromatic rings. The molecular formula is C36H39ClF2N6O6S2. The van der Waals surface area contributed by atoms with Gasteiger partial charge in [-0.15, -0.1) is 0 Å². The second kappa shape index (κ2) is 16.1. The number of pyridine rings is 4. The van der Waals surface area contributed by atoms with Crippen molar-refractivity contribution in [2.75, 3.05) is 0 Å². The Hall–Kier alpha value is -4.67. The van der Waals surface area contributed by atoms with Crippen molar-refractivity contribution in [2.45, 2.75) is 88.1 Å². The van der Waals surface area contributed by atoms with Crippen molar-refractivity contribution in [1.29, 1.82) is 0 Å². The van der Waals surface area contributed by atoms with E-state index in [4.69, 9.17) is 16.6 Å². The van der Waals surface area contributed by atoms with Crippen LogP contribution in [0, 0.1) is 11.9 Å². The summed E-state index contributed by atoms with van der Waals surface area (Å²) in [4.78, 5) is 40.4. The average Bonchev–Trinajstić information content (AvgIpc) is 3.07. The van der Waals surface area contributed by atoms with Gasteiger partial charge in [0.05, 0.1) is 16.8 Å². The maximum atomic E-state index is 13.3. The molecule has 0 spiro atoms. The molecule has 12 nitrogen and oxygen atoms in total. The van der Waals surface area contributed by atoms with E-state index in [-0.39, 0.29) is 27.1 Å². The van der Waals surface area contributed by atoms with Crippen LogP contribution >= 0.6 is 11.6 Å². The molecule has 0 aliphatic heterocycles. The van der Waals surface area contributed by atoms with E-state index in [1.165, 1.54) is 18.2 Å². The van der Waals surface area contributed by atoms with Crippen LogP contribution in [0.3, 0.4) is 0 Å². The molecule has 0 unspecified atom stereocenters. The van der Waals surface area contributed by atoms with Crippen LogP contribution in [0.2, 0.25) is 5.15 Å². The van der Waals surface area contributed by atoms with E-state index in [1.54, 1.807) is 22.9 Å². The Morgan fingerprint density at radius 1 is 0.660 bits per heavy atom. The summed E-state index contributed by atoms with van der Waals surface area (Å²) in [5.74, 6) is -3.70. The summed E-state index contributed by atoms with van der Waals surface area (Å²) in [6.45, 7) is 11.8. The minimum Gasteiger partial charge on any atom is -0.268 e. The van der Waals surface area contributed by atoms with Crippen molar-refractivity contribution in [2.24, 2.45) is 0 Å². The Labute approximate surface area is 312 Å². The van der Waals surface area contributed by atoms with E-state index in [9.17, 15) is 35.2 Å². The standard InChI is InChI=1S/C21H24FN3O3S.C15H15ClFN3O3S/c1-21(2,3)16-13-12-15(19(23-16)14-8-5-4-6-9-14)20(26)25-29(27,28)18-11-7-10-17(22)24-18;1-15(2,3)10-8-7-9(13(16)18-10)14(21)20-24(22,23)12-6-4-5-11(17)19-12/h7-8,10-13H,4-6,9H2,1-3H3,(H,25,26);4-8H,1-3H3,(H,20,21). The van der Waals surface area contributed by atoms with Crippen molar-refractivity contribution >= 4 is 49.0 Å². The molecule has 0 saturated carbocycles. The first-order valence-corrected chi connectivity index (χ1v) is 19.7. The Balaban J connectivity index is 0.000000241. The normalized spacial score (nSPS) is 13.6. The van der Waals surface area contributed by atoms with Gasteiger partial charge in [0.25, 0.3) is 31.9 Å². The monoisotopic (exact) mass is 788 g/mol. The number of halogens is 3. The summed E-state index contributed by atoms with van der Waals surface area (Å²) in [6.07, 6.45) is 5.78. The molecule has 0 aromatic carbocycles. The lowest BCUT2D eigenvalue weighted by Gasteiger charge is -2.22. The van der Waals surface area contributed by atoms with Crippen LogP contribution in [-0.2, 0) is 30.9 Å². The lowest BCUT2D eigenvalue weighted by Crippen LogP contribution is -2.32. The minimum absolute atomic E-state index is 0.107. The van der Waals surface area contributed by atoms with Gasteiger partial charge in [-0.05, 0) is 79.8 Å². The van der Waals surface area contributed by atoms with E-state index < -0.39 is 53.8 Å². The summed E-state index contributed by atoms with van der Waals surface area (Å²) in [7, 11) is -8.64. The molecule has 1 aliphatic rings. The third kappa shape index (κ3) is 10.7. The van der Waals surface area contributed by atoms with Gasteiger partial charge in [0.1, 0.15) is 5.15 Å². The van der Waals surface area contributed by atoms with Crippen LogP contribution in [0.4, 0.5) is 8.78 Å². The highest BCUT2D eigenvalue weighted by molar-refractivity contribution is 7.90. The average molecular weight is 789 g/mol. The van der Waals surface area contributed by atoms with Gasteiger partial charge in [-0.1, -0.05) is 71.4 Å². The molecule has 4 heterocycles. The number of amides is 2. The van der Waals surface area contributed by atoms with Gasteiger partial charge in [0.2, 0.25) is 11.9 Å². The number of carbonyl (C=O) groups is 2. The first kappa shape index (κ1) is 41.1. The van der Waals surface area contributed by atoms with E-state index in [0.29, 0.717) is 11.4 Å². The number of hydrogen-bond donors (Lipinski definition) is 2. The predicted octanol–water partition coefficient (Wildman–Crippen LogP) is 6.67. The number of sulfonamides is 2. The van der Waals surface area contributed by atoms with Crippen LogP contribution in [0.15, 0.2) is 76.8 Å². The molecule has 53 heavy (non-hydrogen) atoms. The Morgan fingerprint density at radius 3 is 1.57 bits per heavy atom. The molecule has 0 bridgehead atoms. The lowest BCUT2D eigenvalue weighted by molar-refractivity contribution is 0.0971. The fourth-order valence-corrected chi connectivity index (χ4v) is 7.00. The number of aromatic nitrogens is 4. The fraction of sp³-hybridized carbons (Fsp3) is 0.333. The second-order valence-corrected chi connectivity index (χ2v) is 17.7. The third-order valence-electron chi connectivity index (χ3n) is 7.75. The molecule has 0 atom stereocenters. The number of allylic oxidation sites excluding steroid dienone is 2. The molecule has 4 aromatic heterocycles. The van der Waals surface area contributed by atoms with Gasteiger partial charge in [0, 0.05) is 22.2 Å². The number of carbonyl (C=O) groups excluding carboxylic acids is 2. The zero-order chi connectivity index (χ0) is 39.4. The van der Waals surface area contributed by atoms with Gasteiger partial charge in [0.15, 0.2) is 10.1 Å². The van der Waals surface area contributed by atoms with Gasteiger partial charge >= 0.3 is 0 Å². The molecule has 5 rings (SSSR count). The van der Waals surface area contributed by atoms with Crippen molar-refractivity contribution in [3.05, 3.63) is 112 Å². The summed E-state index contributed by atoms with van der Waals surface area (Å²) >= 11 is 5.99. The van der Waals surface area contributed by atoms with Crippen LogP contribution < -0.4 is 9.44 Å². The molecule has 2 amide bonds. The van der Waals surface area contributed by atoms with Crippen LogP contribution in [0.25, 0.3) is 5.57 Å². The highest BCUT2D eigenvalue weighted by Crippen LogP contribution is 2.31. The Kier molecular flexibility index (Phi) is 12.5. The van der Waals surface area contributed by atoms with E-state index in [0.717, 1.165) is 61.2 Å². The SMILES string of the molecule is CC(C)(C)c1ccc(C(=O)NS(=O)(=O)c2cccc(F)n2)c(C2=CCCCC2)n1.CC(C)(C)c1ccc(C(=O)NS(=O)(=O)c2cccc(F)n2)c(Cl)n1. The summed E-state index contributed by atoms with van der Waals surface area (Å²) in [5, 5.41) is -1.28. The van der Waals surface area contributed by atoms with Crippen LogP contribution in [-0.4, -0.2) is 48.6 Å². The van der Waals surface area contributed by atoms with Crippen molar-refractivity contribution in [1.82, 2.24) is 29.4 Å². The van der Waals surface area contributed by atoms with Gasteiger partial charge in [-0.3, -0.25) is 14.6 Å². The molecule has 0 saturated heterocycles. The number of hydrogen-bond acceptors (Lipinski definition) is 10. The molecule has 17 heteroatoms. The highest BCUT2D eigenvalue weighted by Gasteiger charge is 2.27. The van der Waals surface area contributed by atoms with Crippen molar-refractivity contribution in [3.63, 3.8) is 0 Å². The summed E-state index contributed by atoms with van der Waals surface area (Å²) in [6, 6.07) is 12.9. The third-order valence-corrected chi connectivity index (χ3v) is 10.5. The molecule has 282 valence electrons. The molecule has 1 aliphatic carbocycles. The predicted molar refractivity (Wildman–Crippen MR) is 195 cm³/mol. The van der Waals surface area contributed by atoms with E-state index in [2.05, 4.69) is 21.0 Å². The summed E-state index contributed by atoms with van der Waals surface area (Å²) in [5.41, 5.74) is 2.46. The van der Waals surface area contributed by atoms with E-state index in [1.807, 2.05) is 46.3 Å². The van der Waals surface area contributed by atoms with Gasteiger partial charge < -0.3 is 0 Å². The zero-order valence-electron chi connectivity index (χ0n) is 29.9. The van der Waals surface area contributed by atoms with Crippen LogP contribution in [0.5, 0.6) is 0 Å². The summed E-state index contributed by atoms with van der Waals surface area (Å²) < 4.78 is 79.3. The van der Waals surface area contributed by atoms with Crippen molar-refractivity contribution < 1.29 is 35.2 Å². The Morgan fingerprint density at radius 2 is 1.13 bits per heavy atom. The smallest absolute Gasteiger partial charge is 0.268 e. The topological polar surface area (TPSA) is 178 Å². The Bertz CT molecular complexity index is 2290. The number of nitrogens with zero attached hydrogens (tertiary/aromatic N) is 4. The second-order valence-electron chi connectivity index (χ2n) is 14.1. The highest BCUT2D eigenvalue weighted by atomic mass is 35.5. The maximum absolute atomic E-state index is 13.3. The number of rotatable bonds is 7. The van der Waals surface area contributed by atoms with Gasteiger partial charge in [-0.2, -0.15) is 25.6 Å². The minimum atomic E-state index is -4.32. The molecule has 0 radical (unpaired) electrons. The van der Waals surface area contributed by atoms with E-state index >= 15 is 0 Å². The zero-order valence-corrected chi connectivity index (χ0v) is 32.3. The fourth-order valence-electron chi connectivity index (χ4n) is 4.92. The first-order chi connectivity index (χ1) is 24.6. The first-order valence-electron chi connectivity index (χ1n) is 16.4. The molecule has 2 N–H and O–H groups in total. The van der Waals surface area contributed by atoms with Crippen LogP contribution in [0.1, 0.15) is 105 Å². The lowest BCUT2D eigenvalue weighted by atomic mass is 9.89. The molecular weight excluding hydrogens is 750 g/mol.